The first-order valence-corrected chi connectivity index (χ1v) is 5.17. The van der Waals surface area contributed by atoms with Gasteiger partial charge in [-0.3, -0.25) is 4.79 Å². The Hall–Kier alpha value is -2.42. The maximum Gasteiger partial charge on any atom is 0.203 e. The van der Waals surface area contributed by atoms with Crippen LogP contribution in [-0.2, 0) is 0 Å². The number of Topliss-reactive ketones (excluding diaryl/α,β-unsaturated/α-hetero) is 1. The molecule has 0 radical (unpaired) electrons. The van der Waals surface area contributed by atoms with Gasteiger partial charge in [-0.2, -0.15) is 0 Å². The maximum absolute atomic E-state index is 11.2. The maximum atomic E-state index is 11.2. The number of carbonyl (C=O) groups excluding carboxylic acids is 1. The summed E-state index contributed by atoms with van der Waals surface area (Å²) in [5.74, 6) is 1.10. The van der Waals surface area contributed by atoms with Gasteiger partial charge in [0.25, 0.3) is 0 Å². The van der Waals surface area contributed by atoms with Crippen LogP contribution < -0.4 is 4.74 Å². The number of benzene rings is 2. The molecule has 0 aromatic heterocycles. The van der Waals surface area contributed by atoms with Crippen molar-refractivity contribution in [1.82, 2.24) is 0 Å². The topological polar surface area (TPSA) is 50.2 Å². The van der Waals surface area contributed by atoms with Crippen molar-refractivity contribution in [3.8, 4) is 11.5 Å². The summed E-state index contributed by atoms with van der Waals surface area (Å²) in [6.07, 6.45) is 0.799. The zero-order valence-electron chi connectivity index (χ0n) is 9.09. The number of rotatable bonds is 4. The average molecular weight is 225 g/mol. The second-order valence-corrected chi connectivity index (χ2v) is 3.45. The van der Waals surface area contributed by atoms with Crippen LogP contribution >= 0.6 is 0 Å². The highest BCUT2D eigenvalue weighted by Crippen LogP contribution is 2.20. The van der Waals surface area contributed by atoms with Crippen LogP contribution in [0.3, 0.4) is 0 Å². The molecule has 0 amide bonds. The van der Waals surface area contributed by atoms with Crippen molar-refractivity contribution in [3.63, 3.8) is 0 Å². The Balaban J connectivity index is 2.14. The van der Waals surface area contributed by atoms with Crippen molar-refractivity contribution in [2.24, 2.45) is 0 Å². The highest BCUT2D eigenvalue weighted by molar-refractivity contribution is 6.34. The summed E-state index contributed by atoms with van der Waals surface area (Å²) in [5, 5.41) is 6.87. The molecule has 3 heteroatoms. The fraction of sp³-hybridized carbons (Fsp3) is 0. The van der Waals surface area contributed by atoms with Crippen molar-refractivity contribution in [2.75, 3.05) is 0 Å². The van der Waals surface area contributed by atoms with E-state index in [1.807, 2.05) is 30.3 Å². The van der Waals surface area contributed by atoms with Gasteiger partial charge in [0.15, 0.2) is 0 Å². The van der Waals surface area contributed by atoms with E-state index in [2.05, 4.69) is 0 Å². The molecule has 0 aliphatic carbocycles. The number of ether oxygens (including phenoxy) is 1. The molecule has 0 saturated carbocycles. The molecule has 0 spiro atoms. The summed E-state index contributed by atoms with van der Waals surface area (Å²) in [6, 6.07) is 16.1. The lowest BCUT2D eigenvalue weighted by molar-refractivity contribution is 0.107. The quantitative estimate of drug-likeness (QED) is 0.641. The molecule has 0 aliphatic heterocycles. The number of nitrogens with one attached hydrogen (secondary N) is 1. The molecule has 0 bridgehead atoms. The van der Waals surface area contributed by atoms with Gasteiger partial charge in [-0.25, -0.2) is 0 Å². The van der Waals surface area contributed by atoms with Gasteiger partial charge >= 0.3 is 0 Å². The van der Waals surface area contributed by atoms with E-state index < -0.39 is 0 Å². The van der Waals surface area contributed by atoms with Crippen molar-refractivity contribution >= 4 is 12.0 Å². The smallest absolute Gasteiger partial charge is 0.203 e. The second-order valence-electron chi connectivity index (χ2n) is 3.45. The molecule has 0 saturated heterocycles. The SMILES string of the molecule is N=CC(=O)c1ccc(Oc2ccccc2)cc1. The van der Waals surface area contributed by atoms with Gasteiger partial charge in [0.2, 0.25) is 5.78 Å². The first kappa shape index (κ1) is 11.1. The van der Waals surface area contributed by atoms with Crippen LogP contribution in [0.25, 0.3) is 0 Å². The van der Waals surface area contributed by atoms with E-state index >= 15 is 0 Å². The summed E-state index contributed by atoms with van der Waals surface area (Å²) < 4.78 is 5.58. The Morgan fingerprint density at radius 2 is 1.53 bits per heavy atom. The Labute approximate surface area is 99.2 Å². The third-order valence-corrected chi connectivity index (χ3v) is 2.25. The fourth-order valence-electron chi connectivity index (χ4n) is 1.40. The lowest BCUT2D eigenvalue weighted by Gasteiger charge is -2.05. The zero-order valence-corrected chi connectivity index (χ0v) is 9.09. The third kappa shape index (κ3) is 2.78. The number of carbonyl (C=O) groups is 1. The van der Waals surface area contributed by atoms with Gasteiger partial charge in [0.05, 0.1) is 6.21 Å². The number of para-hydroxylation sites is 1. The Morgan fingerprint density at radius 1 is 0.941 bits per heavy atom. The van der Waals surface area contributed by atoms with Crippen LogP contribution in [-0.4, -0.2) is 12.0 Å². The molecule has 0 heterocycles. The van der Waals surface area contributed by atoms with E-state index in [9.17, 15) is 4.79 Å². The van der Waals surface area contributed by atoms with E-state index in [4.69, 9.17) is 10.1 Å². The first-order chi connectivity index (χ1) is 8.29. The Morgan fingerprint density at radius 3 is 2.12 bits per heavy atom. The number of hydrogen-bond acceptors (Lipinski definition) is 3. The minimum Gasteiger partial charge on any atom is -0.457 e. The second kappa shape index (κ2) is 5.07. The molecule has 0 atom stereocenters. The van der Waals surface area contributed by atoms with Crippen LogP contribution in [0.15, 0.2) is 54.6 Å². The Kier molecular flexibility index (Phi) is 3.31. The molecule has 2 aromatic carbocycles. The third-order valence-electron chi connectivity index (χ3n) is 2.25. The summed E-state index contributed by atoms with van der Waals surface area (Å²) in [4.78, 5) is 11.2. The van der Waals surface area contributed by atoms with Gasteiger partial charge in [0, 0.05) is 5.56 Å². The Bertz CT molecular complexity index is 518. The lowest BCUT2D eigenvalue weighted by atomic mass is 10.1. The van der Waals surface area contributed by atoms with E-state index in [1.54, 1.807) is 24.3 Å². The molecular formula is C14H11NO2. The number of hydrogen-bond donors (Lipinski definition) is 1. The predicted molar refractivity (Wildman–Crippen MR) is 66.1 cm³/mol. The molecule has 0 unspecified atom stereocenters. The van der Waals surface area contributed by atoms with Crippen LogP contribution in [0.4, 0.5) is 0 Å². The molecular weight excluding hydrogens is 214 g/mol. The van der Waals surface area contributed by atoms with Crippen molar-refractivity contribution in [3.05, 3.63) is 60.2 Å². The summed E-state index contributed by atoms with van der Waals surface area (Å²) in [6.45, 7) is 0. The predicted octanol–water partition coefficient (Wildman–Crippen LogP) is 3.31. The largest absolute Gasteiger partial charge is 0.457 e. The molecule has 1 N–H and O–H groups in total. The minimum absolute atomic E-state index is 0.309. The van der Waals surface area contributed by atoms with Crippen molar-refractivity contribution in [2.45, 2.75) is 0 Å². The molecule has 3 nitrogen and oxygen atoms in total. The van der Waals surface area contributed by atoms with E-state index in [-0.39, 0.29) is 5.78 Å². The normalized spacial score (nSPS) is 9.65. The van der Waals surface area contributed by atoms with Gasteiger partial charge in [-0.1, -0.05) is 18.2 Å². The molecule has 17 heavy (non-hydrogen) atoms. The van der Waals surface area contributed by atoms with Crippen molar-refractivity contribution in [1.29, 1.82) is 5.41 Å². The van der Waals surface area contributed by atoms with Crippen LogP contribution in [0.5, 0.6) is 11.5 Å². The van der Waals surface area contributed by atoms with Crippen LogP contribution in [0, 0.1) is 5.41 Å². The number of ketones is 1. The highest BCUT2D eigenvalue weighted by Gasteiger charge is 2.02. The average Bonchev–Trinajstić information content (AvgIpc) is 2.40. The van der Waals surface area contributed by atoms with Gasteiger partial charge < -0.3 is 10.1 Å². The van der Waals surface area contributed by atoms with E-state index in [0.29, 0.717) is 11.3 Å². The minimum atomic E-state index is -0.309. The summed E-state index contributed by atoms with van der Waals surface area (Å²) in [7, 11) is 0. The lowest BCUT2D eigenvalue weighted by Crippen LogP contribution is -1.98. The van der Waals surface area contributed by atoms with E-state index in [0.717, 1.165) is 12.0 Å². The van der Waals surface area contributed by atoms with Crippen LogP contribution in [0.2, 0.25) is 0 Å². The molecule has 0 aliphatic rings. The van der Waals surface area contributed by atoms with E-state index in [1.165, 1.54) is 0 Å². The molecule has 2 aromatic rings. The molecule has 2 rings (SSSR count). The monoisotopic (exact) mass is 225 g/mol. The summed E-state index contributed by atoms with van der Waals surface area (Å²) in [5.41, 5.74) is 0.486. The van der Waals surface area contributed by atoms with Gasteiger partial charge in [0.1, 0.15) is 11.5 Å². The molecule has 84 valence electrons. The van der Waals surface area contributed by atoms with Gasteiger partial charge in [-0.15, -0.1) is 0 Å². The highest BCUT2D eigenvalue weighted by atomic mass is 16.5. The standard InChI is InChI=1S/C14H11NO2/c15-10-14(16)11-6-8-13(9-7-11)17-12-4-2-1-3-5-12/h1-10,15H. The van der Waals surface area contributed by atoms with Gasteiger partial charge in [-0.05, 0) is 36.4 Å². The molecule has 0 fully saturated rings. The zero-order chi connectivity index (χ0) is 12.1. The first-order valence-electron chi connectivity index (χ1n) is 5.17. The fourth-order valence-corrected chi connectivity index (χ4v) is 1.40. The van der Waals surface area contributed by atoms with Crippen LogP contribution in [0.1, 0.15) is 10.4 Å². The summed E-state index contributed by atoms with van der Waals surface area (Å²) >= 11 is 0. The van der Waals surface area contributed by atoms with Crippen molar-refractivity contribution < 1.29 is 9.53 Å².